The van der Waals surface area contributed by atoms with Crippen molar-refractivity contribution in [1.29, 1.82) is 0 Å². The number of halogens is 2. The first kappa shape index (κ1) is 24.4. The molecule has 3 rings (SSSR count). The van der Waals surface area contributed by atoms with E-state index in [0.717, 1.165) is 11.5 Å². The maximum atomic E-state index is 12.8. The minimum atomic E-state index is -0.436. The summed E-state index contributed by atoms with van der Waals surface area (Å²) >= 11 is 13.6. The summed E-state index contributed by atoms with van der Waals surface area (Å²) in [7, 11) is 5.50. The van der Waals surface area contributed by atoms with Crippen LogP contribution in [-0.2, 0) is 4.79 Å². The number of amides is 1. The van der Waals surface area contributed by atoms with E-state index >= 15 is 0 Å². The molecule has 10 heteroatoms. The highest BCUT2D eigenvalue weighted by atomic mass is 35.5. The Morgan fingerprint density at radius 3 is 2.41 bits per heavy atom. The summed E-state index contributed by atoms with van der Waals surface area (Å²) in [6.45, 7) is 3.87. The fourth-order valence-corrected chi connectivity index (χ4v) is 4.15. The number of carbonyl (C=O) groups excluding carboxylic acids is 1. The minimum absolute atomic E-state index is 0.0121. The van der Waals surface area contributed by atoms with Crippen LogP contribution >= 0.6 is 35.0 Å². The average Bonchev–Trinajstić information content (AvgIpc) is 3.17. The molecule has 2 atom stereocenters. The lowest BCUT2D eigenvalue weighted by Crippen LogP contribution is -2.23. The molecule has 0 aliphatic rings. The third-order valence-corrected chi connectivity index (χ3v) is 6.55. The Bertz CT molecular complexity index is 1090. The fraction of sp³-hybridized carbons (Fsp3) is 0.318. The zero-order valence-electron chi connectivity index (χ0n) is 18.5. The molecule has 0 bridgehead atoms. The molecule has 0 unspecified atom stereocenters. The van der Waals surface area contributed by atoms with Crippen LogP contribution in [0.15, 0.2) is 47.6 Å². The van der Waals surface area contributed by atoms with E-state index in [2.05, 4.69) is 27.3 Å². The van der Waals surface area contributed by atoms with Crippen molar-refractivity contribution in [3.63, 3.8) is 0 Å². The Labute approximate surface area is 202 Å². The quantitative estimate of drug-likeness (QED) is 0.427. The third kappa shape index (κ3) is 5.56. The van der Waals surface area contributed by atoms with E-state index in [1.165, 1.54) is 11.8 Å². The molecule has 32 heavy (non-hydrogen) atoms. The van der Waals surface area contributed by atoms with Gasteiger partial charge in [-0.25, -0.2) is 0 Å². The van der Waals surface area contributed by atoms with Gasteiger partial charge in [-0.3, -0.25) is 14.3 Å². The van der Waals surface area contributed by atoms with Crippen molar-refractivity contribution in [2.75, 3.05) is 26.5 Å². The van der Waals surface area contributed by atoms with Crippen molar-refractivity contribution >= 4 is 46.6 Å². The highest BCUT2D eigenvalue weighted by molar-refractivity contribution is 8.00. The Balaban J connectivity index is 1.85. The Morgan fingerprint density at radius 1 is 1.12 bits per heavy atom. The SMILES string of the molecule is COc1ccc(NC(=O)[C@H](C)Sc2nnc([C@H](C)N(C)C)n2-c2ccc(Cl)cc2)cc1Cl. The molecule has 0 aliphatic carbocycles. The smallest absolute Gasteiger partial charge is 0.237 e. The maximum Gasteiger partial charge on any atom is 0.237 e. The van der Waals surface area contributed by atoms with E-state index in [1.807, 2.05) is 49.9 Å². The van der Waals surface area contributed by atoms with Crippen molar-refractivity contribution in [2.45, 2.75) is 30.3 Å². The molecule has 0 saturated carbocycles. The highest BCUT2D eigenvalue weighted by Crippen LogP contribution is 2.31. The van der Waals surface area contributed by atoms with Gasteiger partial charge in [0, 0.05) is 16.4 Å². The van der Waals surface area contributed by atoms with Crippen molar-refractivity contribution in [3.8, 4) is 11.4 Å². The first-order chi connectivity index (χ1) is 15.2. The molecular weight excluding hydrogens is 469 g/mol. The van der Waals surface area contributed by atoms with Crippen LogP contribution in [0.25, 0.3) is 5.69 Å². The lowest BCUT2D eigenvalue weighted by molar-refractivity contribution is -0.115. The van der Waals surface area contributed by atoms with Crippen LogP contribution in [0.2, 0.25) is 10.0 Å². The average molecular weight is 494 g/mol. The van der Waals surface area contributed by atoms with Crippen LogP contribution in [-0.4, -0.2) is 52.0 Å². The number of hydrogen-bond acceptors (Lipinski definition) is 6. The number of anilines is 1. The molecule has 1 heterocycles. The molecule has 0 fully saturated rings. The normalized spacial score (nSPS) is 13.1. The second-order valence-electron chi connectivity index (χ2n) is 7.39. The van der Waals surface area contributed by atoms with Gasteiger partial charge in [0.05, 0.1) is 23.4 Å². The molecule has 0 radical (unpaired) electrons. The second kappa shape index (κ2) is 10.6. The van der Waals surface area contributed by atoms with E-state index in [0.29, 0.717) is 26.6 Å². The first-order valence-electron chi connectivity index (χ1n) is 9.90. The van der Waals surface area contributed by atoms with Gasteiger partial charge in [-0.1, -0.05) is 35.0 Å². The summed E-state index contributed by atoms with van der Waals surface area (Å²) in [5, 5.41) is 12.9. The number of rotatable bonds is 8. The van der Waals surface area contributed by atoms with E-state index in [4.69, 9.17) is 27.9 Å². The van der Waals surface area contributed by atoms with Gasteiger partial charge in [0.15, 0.2) is 11.0 Å². The Morgan fingerprint density at radius 2 is 1.81 bits per heavy atom. The van der Waals surface area contributed by atoms with E-state index in [-0.39, 0.29) is 11.9 Å². The number of aromatic nitrogens is 3. The summed E-state index contributed by atoms with van der Waals surface area (Å²) < 4.78 is 7.11. The third-order valence-electron chi connectivity index (χ3n) is 4.96. The second-order valence-corrected chi connectivity index (χ2v) is 9.54. The van der Waals surface area contributed by atoms with E-state index in [1.54, 1.807) is 25.3 Å². The molecule has 3 aromatic rings. The van der Waals surface area contributed by atoms with Crippen molar-refractivity contribution in [1.82, 2.24) is 19.7 Å². The molecular formula is C22H25Cl2N5O2S. The van der Waals surface area contributed by atoms with Crippen LogP contribution in [0.3, 0.4) is 0 Å². The molecule has 0 aliphatic heterocycles. The lowest BCUT2D eigenvalue weighted by Gasteiger charge is -2.21. The van der Waals surface area contributed by atoms with Gasteiger partial charge in [-0.15, -0.1) is 10.2 Å². The lowest BCUT2D eigenvalue weighted by atomic mass is 10.2. The standard InChI is InChI=1S/C22H25Cl2N5O2S/c1-13(28(3)4)20-26-27-22(29(20)17-9-6-15(23)7-10-17)32-14(2)21(30)25-16-8-11-19(31-5)18(24)12-16/h6-14H,1-5H3,(H,25,30)/t13-,14-/m0/s1. The summed E-state index contributed by atoms with van der Waals surface area (Å²) in [6, 6.07) is 12.6. The van der Waals surface area contributed by atoms with Crippen LogP contribution < -0.4 is 10.1 Å². The van der Waals surface area contributed by atoms with E-state index in [9.17, 15) is 4.79 Å². The molecule has 1 amide bonds. The molecule has 7 nitrogen and oxygen atoms in total. The summed E-state index contributed by atoms with van der Waals surface area (Å²) in [5.74, 6) is 1.14. The number of thioether (sulfide) groups is 1. The fourth-order valence-electron chi connectivity index (χ4n) is 2.89. The summed E-state index contributed by atoms with van der Waals surface area (Å²) in [5.41, 5.74) is 1.47. The summed E-state index contributed by atoms with van der Waals surface area (Å²) in [6.07, 6.45) is 0. The van der Waals surface area contributed by atoms with Crippen LogP contribution in [0, 0.1) is 0 Å². The van der Waals surface area contributed by atoms with Gasteiger partial charge in [0.1, 0.15) is 5.75 Å². The van der Waals surface area contributed by atoms with Crippen molar-refractivity contribution < 1.29 is 9.53 Å². The predicted molar refractivity (Wildman–Crippen MR) is 130 cm³/mol. The van der Waals surface area contributed by atoms with Gasteiger partial charge in [0.25, 0.3) is 0 Å². The van der Waals surface area contributed by atoms with Gasteiger partial charge < -0.3 is 10.1 Å². The summed E-state index contributed by atoms with van der Waals surface area (Å²) in [4.78, 5) is 14.9. The number of benzene rings is 2. The van der Waals surface area contributed by atoms with E-state index < -0.39 is 5.25 Å². The van der Waals surface area contributed by atoms with Crippen molar-refractivity contribution in [2.24, 2.45) is 0 Å². The number of nitrogens with zero attached hydrogens (tertiary/aromatic N) is 4. The zero-order chi connectivity index (χ0) is 23.4. The molecule has 1 aromatic heterocycles. The van der Waals surface area contributed by atoms with Gasteiger partial charge >= 0.3 is 0 Å². The topological polar surface area (TPSA) is 72.3 Å². The van der Waals surface area contributed by atoms with Crippen LogP contribution in [0.1, 0.15) is 25.7 Å². The Hall–Kier alpha value is -2.26. The van der Waals surface area contributed by atoms with Crippen LogP contribution in [0.4, 0.5) is 5.69 Å². The molecule has 0 spiro atoms. The monoisotopic (exact) mass is 493 g/mol. The minimum Gasteiger partial charge on any atom is -0.495 e. The number of hydrogen-bond donors (Lipinski definition) is 1. The number of nitrogens with one attached hydrogen (secondary N) is 1. The molecule has 170 valence electrons. The number of ether oxygens (including phenoxy) is 1. The maximum absolute atomic E-state index is 12.8. The predicted octanol–water partition coefficient (Wildman–Crippen LogP) is 5.32. The molecule has 0 saturated heterocycles. The van der Waals surface area contributed by atoms with Gasteiger partial charge in [-0.05, 0) is 70.4 Å². The van der Waals surface area contributed by atoms with Crippen LogP contribution in [0.5, 0.6) is 5.75 Å². The highest BCUT2D eigenvalue weighted by Gasteiger charge is 2.24. The van der Waals surface area contributed by atoms with Crippen molar-refractivity contribution in [3.05, 3.63) is 58.3 Å². The largest absolute Gasteiger partial charge is 0.495 e. The number of carbonyl (C=O) groups is 1. The Kier molecular flexibility index (Phi) is 8.05. The van der Waals surface area contributed by atoms with Gasteiger partial charge in [-0.2, -0.15) is 0 Å². The van der Waals surface area contributed by atoms with Gasteiger partial charge in [0.2, 0.25) is 5.91 Å². The first-order valence-corrected chi connectivity index (χ1v) is 11.5. The molecule has 1 N–H and O–H groups in total. The number of methoxy groups -OCH3 is 1. The molecule has 2 aromatic carbocycles. The zero-order valence-corrected chi connectivity index (χ0v) is 20.8.